The predicted octanol–water partition coefficient (Wildman–Crippen LogP) is 1.12. The molecule has 0 radical (unpaired) electrons. The molecule has 0 N–H and O–H groups in total. The summed E-state index contributed by atoms with van der Waals surface area (Å²) < 4.78 is 5.25. The number of nitrogens with zero attached hydrogens (tertiary/aromatic N) is 3. The molecular weight excluding hydrogens is 178 g/mol. The Balaban J connectivity index is 1.67. The van der Waals surface area contributed by atoms with E-state index < -0.39 is 0 Å². The van der Waals surface area contributed by atoms with Crippen LogP contribution >= 0.6 is 0 Å². The Morgan fingerprint density at radius 3 is 2.64 bits per heavy atom. The molecule has 1 aromatic rings. The fourth-order valence-electron chi connectivity index (χ4n) is 2.67. The van der Waals surface area contributed by atoms with Gasteiger partial charge in [-0.25, -0.2) is 0 Å². The van der Waals surface area contributed by atoms with Gasteiger partial charge in [-0.3, -0.25) is 0 Å². The van der Waals surface area contributed by atoms with E-state index in [1.54, 1.807) is 0 Å². The second-order valence-electron chi connectivity index (χ2n) is 4.68. The van der Waals surface area contributed by atoms with E-state index >= 15 is 0 Å². The van der Waals surface area contributed by atoms with Gasteiger partial charge in [-0.2, -0.15) is 0 Å². The summed E-state index contributed by atoms with van der Waals surface area (Å²) in [7, 11) is 0. The van der Waals surface area contributed by atoms with Crippen LogP contribution in [0, 0.1) is 11.8 Å². The first-order valence-corrected chi connectivity index (χ1v) is 5.27. The number of hydrogen-bond donors (Lipinski definition) is 0. The van der Waals surface area contributed by atoms with Crippen LogP contribution in [0.2, 0.25) is 0 Å². The van der Waals surface area contributed by atoms with Gasteiger partial charge < -0.3 is 9.32 Å². The third-order valence-electron chi connectivity index (χ3n) is 3.61. The van der Waals surface area contributed by atoms with Crippen molar-refractivity contribution in [1.82, 2.24) is 15.1 Å². The van der Waals surface area contributed by atoms with Crippen molar-refractivity contribution in [2.75, 3.05) is 13.1 Å². The van der Waals surface area contributed by atoms with Crippen molar-refractivity contribution < 1.29 is 4.42 Å². The quantitative estimate of drug-likeness (QED) is 0.706. The molecule has 1 aliphatic heterocycles. The summed E-state index contributed by atoms with van der Waals surface area (Å²) in [4.78, 5) is 2.53. The lowest BCUT2D eigenvalue weighted by Crippen LogP contribution is -2.31. The molecule has 0 bridgehead atoms. The molecule has 2 aliphatic rings. The van der Waals surface area contributed by atoms with E-state index in [2.05, 4.69) is 28.9 Å². The third kappa shape index (κ3) is 1.10. The molecule has 3 rings (SSSR count). The van der Waals surface area contributed by atoms with Gasteiger partial charge in [-0.15, -0.1) is 10.2 Å². The van der Waals surface area contributed by atoms with Crippen molar-refractivity contribution in [3.8, 4) is 0 Å². The molecule has 0 amide bonds. The molecule has 2 heterocycles. The highest BCUT2D eigenvalue weighted by Gasteiger charge is 2.58. The summed E-state index contributed by atoms with van der Waals surface area (Å²) in [5, 5.41) is 7.73. The lowest BCUT2D eigenvalue weighted by molar-refractivity contribution is 0.238. The SMILES string of the molecule is CC(C)N1C[C@@H]2[C@H](C1)[C@H]2c1nnco1. The van der Waals surface area contributed by atoms with Crippen molar-refractivity contribution in [3.63, 3.8) is 0 Å². The summed E-state index contributed by atoms with van der Waals surface area (Å²) in [6.07, 6.45) is 1.43. The van der Waals surface area contributed by atoms with Gasteiger partial charge >= 0.3 is 0 Å². The lowest BCUT2D eigenvalue weighted by atomic mass is 10.2. The first-order valence-electron chi connectivity index (χ1n) is 5.27. The predicted molar refractivity (Wildman–Crippen MR) is 50.7 cm³/mol. The fourth-order valence-corrected chi connectivity index (χ4v) is 2.67. The zero-order valence-corrected chi connectivity index (χ0v) is 8.55. The second-order valence-corrected chi connectivity index (χ2v) is 4.68. The number of piperidine rings is 1. The summed E-state index contributed by atoms with van der Waals surface area (Å²) in [5.74, 6) is 2.96. The van der Waals surface area contributed by atoms with Crippen LogP contribution < -0.4 is 0 Å². The molecule has 1 aromatic heterocycles. The highest BCUT2D eigenvalue weighted by Crippen LogP contribution is 2.57. The van der Waals surface area contributed by atoms with E-state index in [-0.39, 0.29) is 0 Å². The molecule has 2 fully saturated rings. The number of hydrogen-bond acceptors (Lipinski definition) is 4. The first kappa shape index (κ1) is 8.41. The molecule has 1 aliphatic carbocycles. The van der Waals surface area contributed by atoms with E-state index in [4.69, 9.17) is 4.42 Å². The van der Waals surface area contributed by atoms with Crippen molar-refractivity contribution in [2.45, 2.75) is 25.8 Å². The Morgan fingerprint density at radius 2 is 2.14 bits per heavy atom. The standard InChI is InChI=1S/C10H15N3O/c1-6(2)13-3-7-8(4-13)9(7)10-12-11-5-14-10/h5-9H,3-4H2,1-2H3/t7-,8+,9+. The maximum absolute atomic E-state index is 5.25. The molecule has 76 valence electrons. The molecule has 14 heavy (non-hydrogen) atoms. The molecule has 1 saturated carbocycles. The Bertz CT molecular complexity index is 310. The van der Waals surface area contributed by atoms with Crippen LogP contribution in [0.3, 0.4) is 0 Å². The average molecular weight is 193 g/mol. The average Bonchev–Trinajstić information content (AvgIpc) is 2.66. The van der Waals surface area contributed by atoms with Crippen LogP contribution in [0.4, 0.5) is 0 Å². The minimum Gasteiger partial charge on any atom is -0.428 e. The van der Waals surface area contributed by atoms with Crippen LogP contribution in [0.25, 0.3) is 0 Å². The molecule has 0 spiro atoms. The number of likely N-dealkylation sites (tertiary alicyclic amines) is 1. The largest absolute Gasteiger partial charge is 0.428 e. The van der Waals surface area contributed by atoms with E-state index in [0.717, 1.165) is 17.7 Å². The zero-order valence-electron chi connectivity index (χ0n) is 8.55. The third-order valence-corrected chi connectivity index (χ3v) is 3.61. The van der Waals surface area contributed by atoms with Gasteiger partial charge in [0.15, 0.2) is 0 Å². The van der Waals surface area contributed by atoms with Crippen LogP contribution in [-0.2, 0) is 0 Å². The highest BCUT2D eigenvalue weighted by atomic mass is 16.4. The maximum atomic E-state index is 5.25. The molecule has 0 unspecified atom stereocenters. The van der Waals surface area contributed by atoms with Gasteiger partial charge in [0.05, 0.1) is 0 Å². The topological polar surface area (TPSA) is 42.2 Å². The molecule has 0 aromatic carbocycles. The molecule has 3 atom stereocenters. The van der Waals surface area contributed by atoms with Gasteiger partial charge in [0, 0.05) is 25.0 Å². The molecule has 4 nitrogen and oxygen atoms in total. The van der Waals surface area contributed by atoms with Crippen LogP contribution in [-0.4, -0.2) is 34.2 Å². The fraction of sp³-hybridized carbons (Fsp3) is 0.800. The molecule has 4 heteroatoms. The first-order chi connectivity index (χ1) is 6.77. The summed E-state index contributed by atoms with van der Waals surface area (Å²) in [6, 6.07) is 0.672. The Morgan fingerprint density at radius 1 is 1.43 bits per heavy atom. The van der Waals surface area contributed by atoms with Crippen molar-refractivity contribution in [1.29, 1.82) is 0 Å². The summed E-state index contributed by atoms with van der Waals surface area (Å²) >= 11 is 0. The Kier molecular flexibility index (Phi) is 1.68. The number of aromatic nitrogens is 2. The van der Waals surface area contributed by atoms with Gasteiger partial charge in [-0.05, 0) is 25.7 Å². The zero-order chi connectivity index (χ0) is 9.71. The van der Waals surface area contributed by atoms with Crippen LogP contribution in [0.5, 0.6) is 0 Å². The van der Waals surface area contributed by atoms with E-state index in [0.29, 0.717) is 12.0 Å². The summed E-state index contributed by atoms with van der Waals surface area (Å²) in [6.45, 7) is 6.92. The van der Waals surface area contributed by atoms with Gasteiger partial charge in [0.1, 0.15) is 0 Å². The number of fused-ring (bicyclic) bond motifs is 1. The van der Waals surface area contributed by atoms with Crippen molar-refractivity contribution >= 4 is 0 Å². The Labute approximate surface area is 83.3 Å². The van der Waals surface area contributed by atoms with Crippen molar-refractivity contribution in [3.05, 3.63) is 12.3 Å². The minimum absolute atomic E-state index is 0.562. The maximum Gasteiger partial charge on any atom is 0.219 e. The smallest absolute Gasteiger partial charge is 0.219 e. The Hall–Kier alpha value is -0.900. The van der Waals surface area contributed by atoms with Crippen LogP contribution in [0.15, 0.2) is 10.8 Å². The van der Waals surface area contributed by atoms with E-state index in [9.17, 15) is 0 Å². The lowest BCUT2D eigenvalue weighted by Gasteiger charge is -2.22. The molecule has 1 saturated heterocycles. The molecular formula is C10H15N3O. The monoisotopic (exact) mass is 193 g/mol. The normalized spacial score (nSPS) is 36.4. The van der Waals surface area contributed by atoms with E-state index in [1.807, 2.05) is 0 Å². The highest BCUT2D eigenvalue weighted by molar-refractivity contribution is 5.17. The summed E-state index contributed by atoms with van der Waals surface area (Å²) in [5.41, 5.74) is 0. The number of rotatable bonds is 2. The van der Waals surface area contributed by atoms with Gasteiger partial charge in [0.2, 0.25) is 12.3 Å². The van der Waals surface area contributed by atoms with E-state index in [1.165, 1.54) is 19.5 Å². The second kappa shape index (κ2) is 2.79. The van der Waals surface area contributed by atoms with Gasteiger partial charge in [0.25, 0.3) is 0 Å². The minimum atomic E-state index is 0.562. The van der Waals surface area contributed by atoms with Crippen LogP contribution in [0.1, 0.15) is 25.7 Å². The van der Waals surface area contributed by atoms with Gasteiger partial charge in [-0.1, -0.05) is 0 Å². The van der Waals surface area contributed by atoms with Crippen molar-refractivity contribution in [2.24, 2.45) is 11.8 Å².